The van der Waals surface area contributed by atoms with Crippen LogP contribution in [-0.2, 0) is 10.8 Å². The maximum absolute atomic E-state index is 15.4. The summed E-state index contributed by atoms with van der Waals surface area (Å²) in [6.45, 7) is 14.1. The summed E-state index contributed by atoms with van der Waals surface area (Å²) in [5.74, 6) is -0.0659. The molecule has 0 saturated heterocycles. The van der Waals surface area contributed by atoms with E-state index in [-0.39, 0.29) is 22.4 Å². The number of hydrogen-bond donors (Lipinski definition) is 1. The molecule has 0 heterocycles. The molecule has 26 heavy (non-hydrogen) atoms. The minimum absolute atomic E-state index is 0.258. The van der Waals surface area contributed by atoms with E-state index in [0.29, 0.717) is 10.0 Å². The Labute approximate surface area is 165 Å². The van der Waals surface area contributed by atoms with Gasteiger partial charge in [0.15, 0.2) is 0 Å². The highest BCUT2D eigenvalue weighted by Gasteiger charge is 2.27. The van der Waals surface area contributed by atoms with Gasteiger partial charge in [-0.1, -0.05) is 65.8 Å². The first-order chi connectivity index (χ1) is 11.8. The highest BCUT2D eigenvalue weighted by atomic mass is 79.9. The maximum Gasteiger partial charge on any atom is 0.145 e. The Morgan fingerprint density at radius 3 is 1.81 bits per heavy atom. The van der Waals surface area contributed by atoms with Crippen molar-refractivity contribution >= 4 is 26.2 Å². The summed E-state index contributed by atoms with van der Waals surface area (Å²) in [7, 11) is 0. The van der Waals surface area contributed by atoms with Gasteiger partial charge in [-0.2, -0.15) is 0 Å². The van der Waals surface area contributed by atoms with E-state index >= 15 is 4.39 Å². The van der Waals surface area contributed by atoms with Crippen molar-refractivity contribution in [3.8, 4) is 5.75 Å². The summed E-state index contributed by atoms with van der Waals surface area (Å²) >= 11 is 3.45. The van der Waals surface area contributed by atoms with Gasteiger partial charge in [0.1, 0.15) is 11.6 Å². The van der Waals surface area contributed by atoms with Gasteiger partial charge in [0, 0.05) is 16.7 Å². The van der Waals surface area contributed by atoms with Gasteiger partial charge in [-0.15, -0.1) is 0 Å². The molecule has 2 aromatic rings. The van der Waals surface area contributed by atoms with Crippen LogP contribution in [0.5, 0.6) is 5.75 Å². The van der Waals surface area contributed by atoms with Crippen LogP contribution in [0.4, 0.5) is 4.39 Å². The Bertz CT molecular complexity index is 816. The third kappa shape index (κ3) is 4.20. The third-order valence-electron chi connectivity index (χ3n) is 4.55. The molecular weight excluding hydrogens is 391 g/mol. The first-order valence-electron chi connectivity index (χ1n) is 8.83. The van der Waals surface area contributed by atoms with Crippen LogP contribution in [-0.4, -0.2) is 5.11 Å². The lowest BCUT2D eigenvalue weighted by atomic mass is 9.78. The second-order valence-electron chi connectivity index (χ2n) is 8.86. The van der Waals surface area contributed by atoms with Gasteiger partial charge in [-0.25, -0.2) is 4.39 Å². The first kappa shape index (κ1) is 20.7. The minimum Gasteiger partial charge on any atom is -0.507 e. The molecular formula is C23H28BrFO. The van der Waals surface area contributed by atoms with Crippen molar-refractivity contribution in [3.63, 3.8) is 0 Å². The molecule has 0 aliphatic heterocycles. The van der Waals surface area contributed by atoms with Crippen LogP contribution in [0.25, 0.3) is 10.3 Å². The van der Waals surface area contributed by atoms with Crippen LogP contribution in [0.2, 0.25) is 0 Å². The standard InChI is InChI=1S/C23H28BrFO/c1-14-10-8-9-11-16(14)19(24)20(25)15-12-17(22(2,3)4)21(26)18(13-15)23(5,6)7/h8-13,26H,1-7H3/b20-19-. The maximum atomic E-state index is 15.4. The van der Waals surface area contributed by atoms with Gasteiger partial charge < -0.3 is 5.11 Å². The fraction of sp³-hybridized carbons (Fsp3) is 0.391. The molecule has 2 aromatic carbocycles. The highest BCUT2D eigenvalue weighted by Crippen LogP contribution is 2.43. The van der Waals surface area contributed by atoms with E-state index in [1.54, 1.807) is 12.1 Å². The fourth-order valence-electron chi connectivity index (χ4n) is 2.97. The summed E-state index contributed by atoms with van der Waals surface area (Å²) in [6, 6.07) is 11.2. The topological polar surface area (TPSA) is 20.2 Å². The second kappa shape index (κ2) is 7.19. The average molecular weight is 419 g/mol. The molecule has 0 radical (unpaired) electrons. The molecule has 0 aromatic heterocycles. The van der Waals surface area contributed by atoms with Crippen LogP contribution >= 0.6 is 15.9 Å². The van der Waals surface area contributed by atoms with Gasteiger partial charge in [0.2, 0.25) is 0 Å². The average Bonchev–Trinajstić information content (AvgIpc) is 2.52. The van der Waals surface area contributed by atoms with Gasteiger partial charge in [-0.3, -0.25) is 0 Å². The van der Waals surface area contributed by atoms with Crippen LogP contribution in [0, 0.1) is 6.92 Å². The van der Waals surface area contributed by atoms with Crippen molar-refractivity contribution in [2.24, 2.45) is 0 Å². The fourth-order valence-corrected chi connectivity index (χ4v) is 3.64. The molecule has 140 valence electrons. The molecule has 0 unspecified atom stereocenters. The summed E-state index contributed by atoms with van der Waals surface area (Å²) in [5.41, 5.74) is 3.21. The second-order valence-corrected chi connectivity index (χ2v) is 9.66. The van der Waals surface area contributed by atoms with E-state index < -0.39 is 0 Å². The Hall–Kier alpha value is -1.61. The Morgan fingerprint density at radius 1 is 0.923 bits per heavy atom. The molecule has 3 heteroatoms. The zero-order valence-corrected chi connectivity index (χ0v) is 18.3. The summed E-state index contributed by atoms with van der Waals surface area (Å²) < 4.78 is 15.8. The van der Waals surface area contributed by atoms with Crippen molar-refractivity contribution in [1.29, 1.82) is 0 Å². The van der Waals surface area contributed by atoms with E-state index in [4.69, 9.17) is 0 Å². The van der Waals surface area contributed by atoms with Gasteiger partial charge >= 0.3 is 0 Å². The van der Waals surface area contributed by atoms with Crippen LogP contribution < -0.4 is 0 Å². The van der Waals surface area contributed by atoms with Crippen LogP contribution in [0.1, 0.15) is 69.4 Å². The Balaban J connectivity index is 2.77. The number of aromatic hydroxyl groups is 1. The first-order valence-corrected chi connectivity index (χ1v) is 9.63. The number of hydrogen-bond acceptors (Lipinski definition) is 1. The molecule has 1 N–H and O–H groups in total. The lowest BCUT2D eigenvalue weighted by Gasteiger charge is -2.28. The molecule has 0 spiro atoms. The van der Waals surface area contributed by atoms with E-state index in [1.807, 2.05) is 72.7 Å². The van der Waals surface area contributed by atoms with Crippen molar-refractivity contribution < 1.29 is 9.50 Å². The predicted octanol–water partition coefficient (Wildman–Crippen LogP) is 7.49. The SMILES string of the molecule is Cc1ccccc1/C(Br)=C(/F)c1cc(C(C)(C)C)c(O)c(C(C)(C)C)c1. The highest BCUT2D eigenvalue weighted by molar-refractivity contribution is 9.15. The zero-order valence-electron chi connectivity index (χ0n) is 16.7. The summed E-state index contributed by atoms with van der Waals surface area (Å²) in [6.07, 6.45) is 0. The van der Waals surface area contributed by atoms with Crippen molar-refractivity contribution in [3.05, 3.63) is 64.2 Å². The largest absolute Gasteiger partial charge is 0.507 e. The molecule has 0 amide bonds. The number of phenolic OH excluding ortho intramolecular Hbond substituents is 1. The minimum atomic E-state index is -0.324. The number of phenols is 1. The van der Waals surface area contributed by atoms with Gasteiger partial charge in [0.05, 0.1) is 4.48 Å². The van der Waals surface area contributed by atoms with E-state index in [1.165, 1.54) is 0 Å². The zero-order chi connectivity index (χ0) is 19.9. The normalized spacial score (nSPS) is 13.6. The number of halogens is 2. The molecule has 0 fully saturated rings. The van der Waals surface area contributed by atoms with Gasteiger partial charge in [0.25, 0.3) is 0 Å². The smallest absolute Gasteiger partial charge is 0.145 e. The molecule has 0 aliphatic carbocycles. The molecule has 0 saturated carbocycles. The summed E-state index contributed by atoms with van der Waals surface area (Å²) in [4.78, 5) is 0. The Morgan fingerprint density at radius 2 is 1.38 bits per heavy atom. The van der Waals surface area contributed by atoms with Gasteiger partial charge in [-0.05, 0) is 56.9 Å². The molecule has 1 nitrogen and oxygen atoms in total. The number of benzene rings is 2. The Kier molecular flexibility index (Phi) is 5.72. The lowest BCUT2D eigenvalue weighted by molar-refractivity contribution is 0.423. The van der Waals surface area contributed by atoms with E-state index in [0.717, 1.165) is 22.3 Å². The predicted molar refractivity (Wildman–Crippen MR) is 114 cm³/mol. The van der Waals surface area contributed by atoms with E-state index in [9.17, 15) is 5.11 Å². The van der Waals surface area contributed by atoms with Crippen molar-refractivity contribution in [2.75, 3.05) is 0 Å². The van der Waals surface area contributed by atoms with Crippen LogP contribution in [0.3, 0.4) is 0 Å². The quantitative estimate of drug-likeness (QED) is 0.500. The van der Waals surface area contributed by atoms with Crippen molar-refractivity contribution in [2.45, 2.75) is 59.3 Å². The third-order valence-corrected chi connectivity index (χ3v) is 5.33. The number of aryl methyl sites for hydroxylation is 1. The molecule has 0 atom stereocenters. The van der Waals surface area contributed by atoms with Crippen molar-refractivity contribution in [1.82, 2.24) is 0 Å². The number of rotatable bonds is 2. The van der Waals surface area contributed by atoms with E-state index in [2.05, 4.69) is 15.9 Å². The molecule has 0 aliphatic rings. The monoisotopic (exact) mass is 418 g/mol. The molecule has 0 bridgehead atoms. The molecule has 2 rings (SSSR count). The van der Waals surface area contributed by atoms with Crippen LogP contribution in [0.15, 0.2) is 36.4 Å². The lowest BCUT2D eigenvalue weighted by Crippen LogP contribution is -2.17. The summed E-state index contributed by atoms with van der Waals surface area (Å²) in [5, 5.41) is 10.8.